The molecule has 1 saturated heterocycles. The summed E-state index contributed by atoms with van der Waals surface area (Å²) in [5.74, 6) is 0.437. The minimum Gasteiger partial charge on any atom is -0.456 e. The average Bonchev–Trinajstić information content (AvgIpc) is 2.96. The van der Waals surface area contributed by atoms with E-state index in [1.165, 1.54) is 32.1 Å². The Kier molecular flexibility index (Phi) is 6.07. The molecule has 2 rings (SSSR count). The Bertz CT molecular complexity index is 353. The molecule has 120 valence electrons. The molecule has 2 atom stereocenters. The van der Waals surface area contributed by atoms with Crippen LogP contribution in [0.25, 0.3) is 0 Å². The Morgan fingerprint density at radius 1 is 1.00 bits per heavy atom. The van der Waals surface area contributed by atoms with Crippen LogP contribution in [0.5, 0.6) is 0 Å². The first-order valence-corrected chi connectivity index (χ1v) is 8.54. The topological polar surface area (TPSA) is 46.6 Å². The summed E-state index contributed by atoms with van der Waals surface area (Å²) < 4.78 is 5.18. The lowest BCUT2D eigenvalue weighted by molar-refractivity contribution is -0.155. The van der Waals surface area contributed by atoms with Crippen molar-refractivity contribution in [1.82, 2.24) is 4.90 Å². The summed E-state index contributed by atoms with van der Waals surface area (Å²) in [6.45, 7) is 4.07. The molecule has 1 amide bonds. The van der Waals surface area contributed by atoms with Gasteiger partial charge in [0.1, 0.15) is 0 Å². The Morgan fingerprint density at radius 2 is 1.62 bits per heavy atom. The standard InChI is InChI=1S/C17H29NO3/c1-13-6-5-7-14(2)18(13)16(19)12-21-17(20)11-10-15-8-3-4-9-15/h13-15H,3-12H2,1-2H3/t13-,14-/m1/s1. The number of ether oxygens (including phenoxy) is 1. The van der Waals surface area contributed by atoms with E-state index in [-0.39, 0.29) is 30.6 Å². The van der Waals surface area contributed by atoms with Crippen LogP contribution in [-0.2, 0) is 14.3 Å². The van der Waals surface area contributed by atoms with Crippen LogP contribution in [-0.4, -0.2) is 35.5 Å². The van der Waals surface area contributed by atoms with Crippen LogP contribution in [0.15, 0.2) is 0 Å². The number of likely N-dealkylation sites (tertiary alicyclic amines) is 1. The number of hydrogen-bond acceptors (Lipinski definition) is 3. The quantitative estimate of drug-likeness (QED) is 0.731. The van der Waals surface area contributed by atoms with E-state index in [0.717, 1.165) is 19.3 Å². The third-order valence-corrected chi connectivity index (χ3v) is 5.07. The number of esters is 1. The van der Waals surface area contributed by atoms with Gasteiger partial charge in [-0.15, -0.1) is 0 Å². The monoisotopic (exact) mass is 295 g/mol. The van der Waals surface area contributed by atoms with E-state index >= 15 is 0 Å². The van der Waals surface area contributed by atoms with Crippen LogP contribution in [0, 0.1) is 5.92 Å². The number of piperidine rings is 1. The van der Waals surface area contributed by atoms with Crippen molar-refractivity contribution in [3.63, 3.8) is 0 Å². The summed E-state index contributed by atoms with van der Waals surface area (Å²) >= 11 is 0. The van der Waals surface area contributed by atoms with Gasteiger partial charge < -0.3 is 9.64 Å². The summed E-state index contributed by atoms with van der Waals surface area (Å²) in [5.41, 5.74) is 0. The molecule has 2 fully saturated rings. The van der Waals surface area contributed by atoms with Crippen LogP contribution in [0.4, 0.5) is 0 Å². The Hall–Kier alpha value is -1.06. The second kappa shape index (κ2) is 7.81. The molecule has 0 aromatic heterocycles. The van der Waals surface area contributed by atoms with Gasteiger partial charge in [0.15, 0.2) is 6.61 Å². The van der Waals surface area contributed by atoms with Gasteiger partial charge >= 0.3 is 5.97 Å². The zero-order chi connectivity index (χ0) is 15.2. The number of hydrogen-bond donors (Lipinski definition) is 0. The van der Waals surface area contributed by atoms with Crippen molar-refractivity contribution in [2.45, 2.75) is 83.7 Å². The molecule has 21 heavy (non-hydrogen) atoms. The van der Waals surface area contributed by atoms with Crippen molar-refractivity contribution in [3.8, 4) is 0 Å². The Morgan fingerprint density at radius 3 is 2.24 bits per heavy atom. The zero-order valence-electron chi connectivity index (χ0n) is 13.5. The number of carbonyl (C=O) groups is 2. The van der Waals surface area contributed by atoms with E-state index < -0.39 is 0 Å². The van der Waals surface area contributed by atoms with Crippen LogP contribution in [0.1, 0.15) is 71.6 Å². The van der Waals surface area contributed by atoms with Crippen LogP contribution < -0.4 is 0 Å². The van der Waals surface area contributed by atoms with Crippen LogP contribution in [0.3, 0.4) is 0 Å². The maximum atomic E-state index is 12.2. The highest BCUT2D eigenvalue weighted by molar-refractivity contribution is 5.81. The number of carbonyl (C=O) groups excluding carboxylic acids is 2. The van der Waals surface area contributed by atoms with Gasteiger partial charge in [0, 0.05) is 18.5 Å². The molecule has 4 heteroatoms. The highest BCUT2D eigenvalue weighted by atomic mass is 16.5. The van der Waals surface area contributed by atoms with Gasteiger partial charge in [0.2, 0.25) is 0 Å². The zero-order valence-corrected chi connectivity index (χ0v) is 13.5. The van der Waals surface area contributed by atoms with Crippen LogP contribution in [0.2, 0.25) is 0 Å². The molecule has 1 heterocycles. The molecule has 0 spiro atoms. The van der Waals surface area contributed by atoms with E-state index in [1.807, 2.05) is 4.90 Å². The van der Waals surface area contributed by atoms with Gasteiger partial charge in [-0.2, -0.15) is 0 Å². The first kappa shape index (κ1) is 16.3. The van der Waals surface area contributed by atoms with Gasteiger partial charge in [-0.25, -0.2) is 0 Å². The van der Waals surface area contributed by atoms with Crippen molar-refractivity contribution < 1.29 is 14.3 Å². The molecular weight excluding hydrogens is 266 g/mol. The first-order valence-electron chi connectivity index (χ1n) is 8.54. The molecule has 4 nitrogen and oxygen atoms in total. The van der Waals surface area contributed by atoms with E-state index in [0.29, 0.717) is 12.3 Å². The lowest BCUT2D eigenvalue weighted by Gasteiger charge is -2.38. The smallest absolute Gasteiger partial charge is 0.306 e. The van der Waals surface area contributed by atoms with Gasteiger partial charge in [-0.3, -0.25) is 9.59 Å². The molecule has 2 aliphatic rings. The van der Waals surface area contributed by atoms with Gasteiger partial charge in [0.05, 0.1) is 0 Å². The molecule has 0 unspecified atom stereocenters. The van der Waals surface area contributed by atoms with E-state index in [9.17, 15) is 9.59 Å². The largest absolute Gasteiger partial charge is 0.456 e. The second-order valence-electron chi connectivity index (χ2n) is 6.78. The molecule has 1 saturated carbocycles. The first-order chi connectivity index (χ1) is 10.1. The molecule has 1 aliphatic heterocycles. The third-order valence-electron chi connectivity index (χ3n) is 5.07. The molecular formula is C17H29NO3. The SMILES string of the molecule is C[C@@H]1CCC[C@@H](C)N1C(=O)COC(=O)CCC1CCCC1. The summed E-state index contributed by atoms with van der Waals surface area (Å²) in [6, 6.07) is 0.525. The predicted octanol–water partition coefficient (Wildman–Crippen LogP) is 3.29. The molecule has 0 N–H and O–H groups in total. The molecule has 0 radical (unpaired) electrons. The minimum atomic E-state index is -0.215. The van der Waals surface area contributed by atoms with Gasteiger partial charge in [-0.1, -0.05) is 25.7 Å². The molecule has 1 aliphatic carbocycles. The number of rotatable bonds is 5. The fourth-order valence-corrected chi connectivity index (χ4v) is 3.82. The molecule has 0 aromatic rings. The fourth-order valence-electron chi connectivity index (χ4n) is 3.82. The van der Waals surface area contributed by atoms with E-state index in [1.54, 1.807) is 0 Å². The number of nitrogens with zero attached hydrogens (tertiary/aromatic N) is 1. The highest BCUT2D eigenvalue weighted by Crippen LogP contribution is 2.28. The average molecular weight is 295 g/mol. The number of amides is 1. The summed E-state index contributed by atoms with van der Waals surface area (Å²) in [6.07, 6.45) is 9.73. The van der Waals surface area contributed by atoms with Crippen molar-refractivity contribution >= 4 is 11.9 Å². The molecule has 0 bridgehead atoms. The maximum Gasteiger partial charge on any atom is 0.306 e. The van der Waals surface area contributed by atoms with E-state index in [4.69, 9.17) is 4.74 Å². The van der Waals surface area contributed by atoms with Crippen molar-refractivity contribution in [2.24, 2.45) is 5.92 Å². The lowest BCUT2D eigenvalue weighted by Crippen LogP contribution is -2.49. The van der Waals surface area contributed by atoms with Crippen molar-refractivity contribution in [1.29, 1.82) is 0 Å². The normalized spacial score (nSPS) is 26.9. The van der Waals surface area contributed by atoms with Crippen LogP contribution >= 0.6 is 0 Å². The predicted molar refractivity (Wildman–Crippen MR) is 81.8 cm³/mol. The second-order valence-corrected chi connectivity index (χ2v) is 6.78. The Balaban J connectivity index is 1.68. The lowest BCUT2D eigenvalue weighted by atomic mass is 9.97. The Labute approximate surface area is 128 Å². The summed E-state index contributed by atoms with van der Waals surface area (Å²) in [4.78, 5) is 25.9. The maximum absolute atomic E-state index is 12.2. The fraction of sp³-hybridized carbons (Fsp3) is 0.882. The summed E-state index contributed by atoms with van der Waals surface area (Å²) in [5, 5.41) is 0. The van der Waals surface area contributed by atoms with Gasteiger partial charge in [-0.05, 0) is 45.4 Å². The third kappa shape index (κ3) is 4.72. The van der Waals surface area contributed by atoms with E-state index in [2.05, 4.69) is 13.8 Å². The summed E-state index contributed by atoms with van der Waals surface area (Å²) in [7, 11) is 0. The highest BCUT2D eigenvalue weighted by Gasteiger charge is 2.29. The van der Waals surface area contributed by atoms with Gasteiger partial charge in [0.25, 0.3) is 5.91 Å². The van der Waals surface area contributed by atoms with Crippen molar-refractivity contribution in [3.05, 3.63) is 0 Å². The molecule has 0 aromatic carbocycles. The van der Waals surface area contributed by atoms with Crippen molar-refractivity contribution in [2.75, 3.05) is 6.61 Å². The minimum absolute atomic E-state index is 0.0380.